The lowest BCUT2D eigenvalue weighted by Gasteiger charge is -2.11. The molecule has 21 heavy (non-hydrogen) atoms. The molecule has 2 rings (SSSR count). The molecule has 110 valence electrons. The zero-order valence-electron chi connectivity index (χ0n) is 10.4. The Kier molecular flexibility index (Phi) is 3.79. The Bertz CT molecular complexity index is 685. The zero-order chi connectivity index (χ0) is 15.6. The summed E-state index contributed by atoms with van der Waals surface area (Å²) in [4.78, 5) is 3.84. The Morgan fingerprint density at radius 2 is 1.90 bits per heavy atom. The molecular weight excluding hydrogens is 290 g/mol. The first kappa shape index (κ1) is 14.8. The fraction of sp³-hybridized carbons (Fsp3) is 0.0769. The predicted molar refractivity (Wildman–Crippen MR) is 66.7 cm³/mol. The number of aromatic nitrogens is 1. The number of pyridine rings is 1. The fourth-order valence-corrected chi connectivity index (χ4v) is 1.53. The number of hydrogen-bond acceptors (Lipinski definition) is 3. The van der Waals surface area contributed by atoms with E-state index in [1.165, 1.54) is 18.2 Å². The van der Waals surface area contributed by atoms with Crippen LogP contribution in [0.1, 0.15) is 11.3 Å². The summed E-state index contributed by atoms with van der Waals surface area (Å²) in [5.41, 5.74) is 3.93. The number of ether oxygens (including phenoxy) is 1. The van der Waals surface area contributed by atoms with Gasteiger partial charge in [0.1, 0.15) is 23.1 Å². The van der Waals surface area contributed by atoms with Gasteiger partial charge >= 0.3 is 6.18 Å². The minimum Gasteiger partial charge on any atom is -0.439 e. The van der Waals surface area contributed by atoms with Gasteiger partial charge in [-0.05, 0) is 24.3 Å². The molecule has 0 spiro atoms. The summed E-state index contributed by atoms with van der Waals surface area (Å²) in [5, 5.41) is 7.22. The number of hydrogen-bond donors (Lipinski definition) is 2. The van der Waals surface area contributed by atoms with Crippen LogP contribution in [0.5, 0.6) is 11.6 Å². The van der Waals surface area contributed by atoms with Gasteiger partial charge in [-0.25, -0.2) is 9.37 Å². The van der Waals surface area contributed by atoms with Crippen molar-refractivity contribution < 1.29 is 22.3 Å². The fourth-order valence-electron chi connectivity index (χ4n) is 1.53. The number of nitrogens with two attached hydrogens (primary N) is 1. The summed E-state index contributed by atoms with van der Waals surface area (Å²) in [6.07, 6.45) is -4.82. The van der Waals surface area contributed by atoms with Crippen LogP contribution in [0.2, 0.25) is 0 Å². The number of nitrogens with one attached hydrogen (secondary N) is 1. The maximum atomic E-state index is 13.1. The van der Waals surface area contributed by atoms with E-state index in [2.05, 4.69) is 4.98 Å². The average molecular weight is 299 g/mol. The van der Waals surface area contributed by atoms with E-state index in [0.29, 0.717) is 12.1 Å². The minimum absolute atomic E-state index is 0.0533. The molecule has 0 aliphatic carbocycles. The lowest BCUT2D eigenvalue weighted by Crippen LogP contribution is -2.13. The summed E-state index contributed by atoms with van der Waals surface area (Å²) < 4.78 is 56.0. The van der Waals surface area contributed by atoms with Gasteiger partial charge in [0.2, 0.25) is 5.88 Å². The topological polar surface area (TPSA) is 72.0 Å². The summed E-state index contributed by atoms with van der Waals surface area (Å²) in [6, 6.07) is 6.55. The Morgan fingerprint density at radius 3 is 2.52 bits per heavy atom. The van der Waals surface area contributed by atoms with Gasteiger partial charge < -0.3 is 10.5 Å². The van der Waals surface area contributed by atoms with Crippen molar-refractivity contribution in [1.82, 2.24) is 4.98 Å². The Morgan fingerprint density at radius 1 is 1.19 bits per heavy atom. The van der Waals surface area contributed by atoms with Crippen molar-refractivity contribution in [2.24, 2.45) is 5.73 Å². The molecule has 3 N–H and O–H groups in total. The third-order valence-corrected chi connectivity index (χ3v) is 2.47. The smallest absolute Gasteiger partial charge is 0.419 e. The number of benzene rings is 1. The molecule has 0 fully saturated rings. The number of halogens is 4. The van der Waals surface area contributed by atoms with Crippen LogP contribution in [-0.2, 0) is 6.18 Å². The monoisotopic (exact) mass is 299 g/mol. The quantitative estimate of drug-likeness (QED) is 0.519. The zero-order valence-corrected chi connectivity index (χ0v) is 10.4. The van der Waals surface area contributed by atoms with Crippen LogP contribution in [-0.4, -0.2) is 10.8 Å². The molecule has 1 aromatic heterocycles. The van der Waals surface area contributed by atoms with E-state index in [1.807, 2.05) is 0 Å². The highest BCUT2D eigenvalue weighted by atomic mass is 19.4. The summed E-state index contributed by atoms with van der Waals surface area (Å²) >= 11 is 0. The van der Waals surface area contributed by atoms with Gasteiger partial charge in [0.15, 0.2) is 0 Å². The number of amidine groups is 1. The predicted octanol–water partition coefficient (Wildman–Crippen LogP) is 3.32. The van der Waals surface area contributed by atoms with Crippen LogP contribution in [0, 0.1) is 11.2 Å². The molecule has 0 unspecified atom stereocenters. The molecule has 4 nitrogen and oxygen atoms in total. The molecular formula is C13H9F4N3O. The van der Waals surface area contributed by atoms with Gasteiger partial charge in [0.25, 0.3) is 0 Å². The molecule has 0 amide bonds. The maximum Gasteiger partial charge on any atom is 0.419 e. The number of alkyl halides is 3. The van der Waals surface area contributed by atoms with Crippen LogP contribution < -0.4 is 10.5 Å². The molecule has 1 heterocycles. The molecule has 0 saturated heterocycles. The van der Waals surface area contributed by atoms with Gasteiger partial charge in [-0.1, -0.05) is 6.07 Å². The van der Waals surface area contributed by atoms with Crippen LogP contribution in [0.4, 0.5) is 17.6 Å². The molecule has 0 aliphatic rings. The minimum atomic E-state index is -4.82. The summed E-state index contributed by atoms with van der Waals surface area (Å²) in [7, 11) is 0. The molecule has 0 saturated carbocycles. The lowest BCUT2D eigenvalue weighted by molar-refractivity contribution is -0.140. The second-order valence-corrected chi connectivity index (χ2v) is 4.02. The molecule has 0 atom stereocenters. The second kappa shape index (κ2) is 5.39. The first-order valence-electron chi connectivity index (χ1n) is 5.63. The van der Waals surface area contributed by atoms with Gasteiger partial charge in [-0.15, -0.1) is 0 Å². The molecule has 1 aromatic carbocycles. The van der Waals surface area contributed by atoms with E-state index < -0.39 is 17.6 Å². The largest absolute Gasteiger partial charge is 0.439 e. The Hall–Kier alpha value is -2.64. The standard InChI is InChI=1S/C13H9F4N3O/c14-9-5-4-7(6-8(9)13(15,16)17)21-11-3-1-2-10(20-11)12(18)19/h1-6H,(H3,18,19). The van der Waals surface area contributed by atoms with Crippen LogP contribution in [0.25, 0.3) is 0 Å². The number of rotatable bonds is 3. The van der Waals surface area contributed by atoms with E-state index in [-0.39, 0.29) is 23.2 Å². The first-order valence-corrected chi connectivity index (χ1v) is 5.63. The van der Waals surface area contributed by atoms with Crippen molar-refractivity contribution in [3.05, 3.63) is 53.5 Å². The molecule has 2 aromatic rings. The van der Waals surface area contributed by atoms with Crippen molar-refractivity contribution in [1.29, 1.82) is 5.41 Å². The Labute approximate surface area is 116 Å². The van der Waals surface area contributed by atoms with Crippen molar-refractivity contribution in [2.75, 3.05) is 0 Å². The van der Waals surface area contributed by atoms with Gasteiger partial charge in [0.05, 0.1) is 5.56 Å². The van der Waals surface area contributed by atoms with Crippen LogP contribution in [0.15, 0.2) is 36.4 Å². The highest BCUT2D eigenvalue weighted by Crippen LogP contribution is 2.34. The van der Waals surface area contributed by atoms with Gasteiger partial charge in [-0.3, -0.25) is 5.41 Å². The van der Waals surface area contributed by atoms with E-state index in [9.17, 15) is 17.6 Å². The van der Waals surface area contributed by atoms with E-state index in [4.69, 9.17) is 15.9 Å². The van der Waals surface area contributed by atoms with E-state index >= 15 is 0 Å². The van der Waals surface area contributed by atoms with Gasteiger partial charge in [0, 0.05) is 6.07 Å². The molecule has 0 aliphatic heterocycles. The first-order chi connectivity index (χ1) is 9.77. The van der Waals surface area contributed by atoms with Crippen molar-refractivity contribution in [3.8, 4) is 11.6 Å². The van der Waals surface area contributed by atoms with Crippen LogP contribution >= 0.6 is 0 Å². The van der Waals surface area contributed by atoms with E-state index in [0.717, 1.165) is 6.07 Å². The Balaban J connectivity index is 2.32. The molecule has 0 radical (unpaired) electrons. The third kappa shape index (κ3) is 3.47. The third-order valence-electron chi connectivity index (χ3n) is 2.47. The van der Waals surface area contributed by atoms with Crippen molar-refractivity contribution >= 4 is 5.84 Å². The second-order valence-electron chi connectivity index (χ2n) is 4.02. The van der Waals surface area contributed by atoms with Gasteiger partial charge in [-0.2, -0.15) is 13.2 Å². The van der Waals surface area contributed by atoms with Crippen LogP contribution in [0.3, 0.4) is 0 Å². The molecule has 0 bridgehead atoms. The van der Waals surface area contributed by atoms with Crippen molar-refractivity contribution in [3.63, 3.8) is 0 Å². The maximum absolute atomic E-state index is 13.1. The highest BCUT2D eigenvalue weighted by Gasteiger charge is 2.34. The number of nitrogens with zero attached hydrogens (tertiary/aromatic N) is 1. The summed E-state index contributed by atoms with van der Waals surface area (Å²) in [5.74, 6) is -1.98. The van der Waals surface area contributed by atoms with E-state index in [1.54, 1.807) is 0 Å². The number of nitrogen functional groups attached to an aromatic ring is 1. The highest BCUT2D eigenvalue weighted by molar-refractivity contribution is 5.93. The molecule has 8 heteroatoms. The average Bonchev–Trinajstić information content (AvgIpc) is 2.40. The van der Waals surface area contributed by atoms with Crippen molar-refractivity contribution in [2.45, 2.75) is 6.18 Å². The summed E-state index contributed by atoms with van der Waals surface area (Å²) in [6.45, 7) is 0. The normalized spacial score (nSPS) is 11.2. The lowest BCUT2D eigenvalue weighted by atomic mass is 10.2. The SMILES string of the molecule is N=C(N)c1cccc(Oc2ccc(F)c(C(F)(F)F)c2)n1.